The minimum absolute atomic E-state index is 0.470. The molecule has 1 aliphatic carbocycles. The first-order valence-electron chi connectivity index (χ1n) is 4.99. The number of hydrogen-bond donors (Lipinski definition) is 2. The van der Waals surface area contributed by atoms with Crippen molar-refractivity contribution in [2.24, 2.45) is 0 Å². The Balaban J connectivity index is 1.56. The van der Waals surface area contributed by atoms with Crippen LogP contribution in [0.25, 0.3) is 0 Å². The predicted molar refractivity (Wildman–Crippen MR) is 51.9 cm³/mol. The van der Waals surface area contributed by atoms with Gasteiger partial charge in [0.1, 0.15) is 12.2 Å². The summed E-state index contributed by atoms with van der Waals surface area (Å²) in [6.45, 7) is 0.955. The van der Waals surface area contributed by atoms with Crippen molar-refractivity contribution >= 4 is 0 Å². The van der Waals surface area contributed by atoms with Crippen LogP contribution in [0.3, 0.4) is 0 Å². The van der Waals surface area contributed by atoms with Crippen LogP contribution in [-0.2, 0) is 11.2 Å². The Labute approximate surface area is 83.3 Å². The van der Waals surface area contributed by atoms with E-state index in [0.29, 0.717) is 12.1 Å². The number of H-pyrrole nitrogens is 1. The molecule has 0 radical (unpaired) electrons. The minimum Gasteiger partial charge on any atom is -0.381 e. The van der Waals surface area contributed by atoms with Crippen LogP contribution in [-0.4, -0.2) is 41.0 Å². The second-order valence-corrected chi connectivity index (χ2v) is 3.66. The van der Waals surface area contributed by atoms with Crippen molar-refractivity contribution in [2.75, 3.05) is 13.7 Å². The molecular weight excluding hydrogens is 180 g/mol. The molecule has 0 aliphatic heterocycles. The molecule has 2 rings (SSSR count). The van der Waals surface area contributed by atoms with E-state index < -0.39 is 0 Å². The molecular formula is C9H16N4O. The van der Waals surface area contributed by atoms with Gasteiger partial charge in [0.2, 0.25) is 0 Å². The highest BCUT2D eigenvalue weighted by atomic mass is 16.5. The van der Waals surface area contributed by atoms with E-state index in [0.717, 1.165) is 31.6 Å². The van der Waals surface area contributed by atoms with Crippen LogP contribution >= 0.6 is 0 Å². The first kappa shape index (κ1) is 9.61. The number of nitrogens with zero attached hydrogens (tertiary/aromatic N) is 2. The second-order valence-electron chi connectivity index (χ2n) is 3.66. The van der Waals surface area contributed by atoms with E-state index in [1.807, 2.05) is 0 Å². The second kappa shape index (κ2) is 4.52. The largest absolute Gasteiger partial charge is 0.381 e. The summed E-state index contributed by atoms with van der Waals surface area (Å²) in [5.74, 6) is 0.945. The lowest BCUT2D eigenvalue weighted by molar-refractivity contribution is 0.0177. The molecule has 1 fully saturated rings. The van der Waals surface area contributed by atoms with Gasteiger partial charge >= 0.3 is 0 Å². The van der Waals surface area contributed by atoms with Crippen molar-refractivity contribution in [1.82, 2.24) is 20.5 Å². The van der Waals surface area contributed by atoms with E-state index in [9.17, 15) is 0 Å². The third kappa shape index (κ3) is 2.30. The Morgan fingerprint density at radius 2 is 2.50 bits per heavy atom. The fraction of sp³-hybridized carbons (Fsp3) is 0.778. The van der Waals surface area contributed by atoms with Crippen LogP contribution in [0.4, 0.5) is 0 Å². The molecule has 0 atom stereocenters. The molecule has 0 bridgehead atoms. The van der Waals surface area contributed by atoms with Gasteiger partial charge in [-0.05, 0) is 12.8 Å². The SMILES string of the molecule is COC1CC(NCCc2ncn[nH]2)C1. The minimum atomic E-state index is 0.470. The summed E-state index contributed by atoms with van der Waals surface area (Å²) in [7, 11) is 1.77. The Kier molecular flexibility index (Phi) is 3.10. The van der Waals surface area contributed by atoms with Gasteiger partial charge in [-0.2, -0.15) is 5.10 Å². The molecule has 0 saturated heterocycles. The zero-order chi connectivity index (χ0) is 9.80. The Morgan fingerprint density at radius 3 is 3.14 bits per heavy atom. The van der Waals surface area contributed by atoms with Crippen molar-refractivity contribution < 1.29 is 4.74 Å². The van der Waals surface area contributed by atoms with Crippen molar-refractivity contribution in [3.63, 3.8) is 0 Å². The third-order valence-corrected chi connectivity index (χ3v) is 2.69. The van der Waals surface area contributed by atoms with Crippen molar-refractivity contribution in [3.8, 4) is 0 Å². The lowest BCUT2D eigenvalue weighted by Crippen LogP contribution is -2.45. The highest BCUT2D eigenvalue weighted by Crippen LogP contribution is 2.22. The molecule has 1 heterocycles. The first-order chi connectivity index (χ1) is 6.88. The maximum Gasteiger partial charge on any atom is 0.137 e. The quantitative estimate of drug-likeness (QED) is 0.702. The van der Waals surface area contributed by atoms with Crippen LogP contribution in [0.5, 0.6) is 0 Å². The maximum atomic E-state index is 5.20. The smallest absolute Gasteiger partial charge is 0.137 e. The number of methoxy groups -OCH3 is 1. The van der Waals surface area contributed by atoms with Crippen molar-refractivity contribution in [2.45, 2.75) is 31.4 Å². The van der Waals surface area contributed by atoms with Crippen molar-refractivity contribution in [1.29, 1.82) is 0 Å². The number of hydrogen-bond acceptors (Lipinski definition) is 4. The number of rotatable bonds is 5. The monoisotopic (exact) mass is 196 g/mol. The zero-order valence-corrected chi connectivity index (χ0v) is 8.36. The fourth-order valence-corrected chi connectivity index (χ4v) is 1.67. The standard InChI is InChI=1S/C9H16N4O/c1-14-8-4-7(5-8)10-3-2-9-11-6-12-13-9/h6-8,10H,2-5H2,1H3,(H,11,12,13). The van der Waals surface area contributed by atoms with Crippen LogP contribution < -0.4 is 5.32 Å². The van der Waals surface area contributed by atoms with E-state index in [2.05, 4.69) is 20.5 Å². The molecule has 5 nitrogen and oxygen atoms in total. The Bertz CT molecular complexity index is 256. The van der Waals surface area contributed by atoms with Gasteiger partial charge in [-0.3, -0.25) is 5.10 Å². The fourth-order valence-electron chi connectivity index (χ4n) is 1.67. The molecule has 5 heteroatoms. The lowest BCUT2D eigenvalue weighted by atomic mass is 9.89. The van der Waals surface area contributed by atoms with Gasteiger partial charge in [-0.1, -0.05) is 0 Å². The Hall–Kier alpha value is -0.940. The lowest BCUT2D eigenvalue weighted by Gasteiger charge is -2.34. The Morgan fingerprint density at radius 1 is 1.64 bits per heavy atom. The summed E-state index contributed by atoms with van der Waals surface area (Å²) >= 11 is 0. The molecule has 0 spiro atoms. The summed E-state index contributed by atoms with van der Waals surface area (Å²) in [6.07, 6.45) is 5.19. The van der Waals surface area contributed by atoms with Crippen molar-refractivity contribution in [3.05, 3.63) is 12.2 Å². The van der Waals surface area contributed by atoms with Gasteiger partial charge in [-0.25, -0.2) is 4.98 Å². The molecule has 0 unspecified atom stereocenters. The van der Waals surface area contributed by atoms with E-state index in [1.165, 1.54) is 0 Å². The van der Waals surface area contributed by atoms with E-state index in [4.69, 9.17) is 4.74 Å². The molecule has 0 amide bonds. The number of nitrogens with one attached hydrogen (secondary N) is 2. The van der Waals surface area contributed by atoms with Gasteiger partial charge in [0.15, 0.2) is 0 Å². The molecule has 1 saturated carbocycles. The summed E-state index contributed by atoms with van der Waals surface area (Å²) < 4.78 is 5.20. The zero-order valence-electron chi connectivity index (χ0n) is 8.36. The average Bonchev–Trinajstić information content (AvgIpc) is 2.61. The molecule has 1 aromatic heterocycles. The highest BCUT2D eigenvalue weighted by Gasteiger charge is 2.27. The third-order valence-electron chi connectivity index (χ3n) is 2.69. The van der Waals surface area contributed by atoms with Gasteiger partial charge in [0, 0.05) is 26.1 Å². The summed E-state index contributed by atoms with van der Waals surface area (Å²) in [4.78, 5) is 4.06. The van der Waals surface area contributed by atoms with Gasteiger partial charge < -0.3 is 10.1 Å². The van der Waals surface area contributed by atoms with E-state index >= 15 is 0 Å². The highest BCUT2D eigenvalue weighted by molar-refractivity contribution is 4.87. The first-order valence-corrected chi connectivity index (χ1v) is 4.99. The topological polar surface area (TPSA) is 62.8 Å². The molecule has 1 aliphatic rings. The predicted octanol–water partition coefficient (Wildman–Crippen LogP) is 0.114. The number of aromatic nitrogens is 3. The molecule has 1 aromatic rings. The van der Waals surface area contributed by atoms with Crippen LogP contribution in [0, 0.1) is 0 Å². The average molecular weight is 196 g/mol. The van der Waals surface area contributed by atoms with Gasteiger partial charge in [0.25, 0.3) is 0 Å². The normalized spacial score (nSPS) is 26.1. The van der Waals surface area contributed by atoms with Gasteiger partial charge in [-0.15, -0.1) is 0 Å². The van der Waals surface area contributed by atoms with Crippen LogP contribution in [0.15, 0.2) is 6.33 Å². The van der Waals surface area contributed by atoms with E-state index in [-0.39, 0.29) is 0 Å². The van der Waals surface area contributed by atoms with Gasteiger partial charge in [0.05, 0.1) is 6.10 Å². The number of ether oxygens (including phenoxy) is 1. The molecule has 2 N–H and O–H groups in total. The summed E-state index contributed by atoms with van der Waals surface area (Å²) in [5.41, 5.74) is 0. The molecule has 14 heavy (non-hydrogen) atoms. The van der Waals surface area contributed by atoms with Crippen LogP contribution in [0.1, 0.15) is 18.7 Å². The molecule has 0 aromatic carbocycles. The summed E-state index contributed by atoms with van der Waals surface area (Å²) in [6, 6.07) is 0.628. The van der Waals surface area contributed by atoms with E-state index in [1.54, 1.807) is 13.4 Å². The molecule has 78 valence electrons. The number of aromatic amines is 1. The summed E-state index contributed by atoms with van der Waals surface area (Å²) in [5, 5.41) is 10.1. The van der Waals surface area contributed by atoms with Crippen LogP contribution in [0.2, 0.25) is 0 Å². The maximum absolute atomic E-state index is 5.20.